The molecular weight excluding hydrogens is 514 g/mol. The van der Waals surface area contributed by atoms with Gasteiger partial charge >= 0.3 is 0 Å². The van der Waals surface area contributed by atoms with Crippen molar-refractivity contribution < 1.29 is 18.3 Å². The molecule has 1 aliphatic heterocycles. The summed E-state index contributed by atoms with van der Waals surface area (Å²) in [6, 6.07) is 5.70. The Labute approximate surface area is 220 Å². The fraction of sp³-hybridized carbons (Fsp3) is 0.269. The number of amides is 1. The second-order valence-electron chi connectivity index (χ2n) is 8.67. The number of alkyl halides is 2. The van der Waals surface area contributed by atoms with Crippen LogP contribution in [0, 0.1) is 24.7 Å². The van der Waals surface area contributed by atoms with Crippen LogP contribution in [0.5, 0.6) is 5.75 Å². The minimum Gasteiger partial charge on any atom is -0.494 e. The number of pyridine rings is 3. The molecule has 1 atom stereocenters. The molecule has 5 rings (SSSR count). The summed E-state index contributed by atoms with van der Waals surface area (Å²) in [4.78, 5) is 34.0. The number of hydrogen-bond acceptors (Lipinski definition) is 8. The number of carbonyl (C=O) groups excluding carboxylic acids is 1. The van der Waals surface area contributed by atoms with E-state index >= 15 is 0 Å². The summed E-state index contributed by atoms with van der Waals surface area (Å²) < 4.78 is 33.8. The minimum absolute atomic E-state index is 0.0648. The molecule has 0 bridgehead atoms. The number of hydrazone groups is 1. The fourth-order valence-corrected chi connectivity index (χ4v) is 4.40. The van der Waals surface area contributed by atoms with Gasteiger partial charge in [-0.3, -0.25) is 29.9 Å². The molecule has 3 aromatic heterocycles. The molecule has 4 heterocycles. The van der Waals surface area contributed by atoms with Gasteiger partial charge in [-0.05, 0) is 49.2 Å². The molecule has 38 heavy (non-hydrogen) atoms. The van der Waals surface area contributed by atoms with Crippen molar-refractivity contribution in [2.75, 3.05) is 7.11 Å². The largest absolute Gasteiger partial charge is 0.494 e. The van der Waals surface area contributed by atoms with Gasteiger partial charge in [0.25, 0.3) is 17.9 Å². The molecule has 194 valence electrons. The monoisotopic (exact) mass is 536 g/mol. The SMILES string of the molecule is COc1cnc(C(F)F)cc1-c1cc(-n2cc(C)ccc2=O)ncc1C(=O)NC1=NNC(C#CC2CC2)S1. The average Bonchev–Trinajstić information content (AvgIpc) is 3.65. The van der Waals surface area contributed by atoms with E-state index in [0.29, 0.717) is 11.1 Å². The van der Waals surface area contributed by atoms with Crippen LogP contribution in [0.1, 0.15) is 40.9 Å². The summed E-state index contributed by atoms with van der Waals surface area (Å²) in [5.41, 5.74) is 3.32. The number of nitrogens with one attached hydrogen (secondary N) is 2. The summed E-state index contributed by atoms with van der Waals surface area (Å²) in [5, 5.41) is 6.89. The Morgan fingerprint density at radius 1 is 1.21 bits per heavy atom. The van der Waals surface area contributed by atoms with Crippen molar-refractivity contribution in [3.63, 3.8) is 0 Å². The average molecular weight is 537 g/mol. The van der Waals surface area contributed by atoms with Crippen LogP contribution in [0.4, 0.5) is 8.78 Å². The third-order valence-electron chi connectivity index (χ3n) is 5.79. The molecule has 0 aromatic carbocycles. The first-order valence-corrected chi connectivity index (χ1v) is 12.5. The lowest BCUT2D eigenvalue weighted by atomic mass is 10.00. The fourth-order valence-electron chi connectivity index (χ4n) is 3.69. The molecule has 3 aromatic rings. The molecule has 9 nitrogen and oxygen atoms in total. The smallest absolute Gasteiger partial charge is 0.280 e. The Morgan fingerprint density at radius 3 is 2.76 bits per heavy atom. The van der Waals surface area contributed by atoms with Gasteiger partial charge in [-0.1, -0.05) is 17.9 Å². The van der Waals surface area contributed by atoms with E-state index in [1.807, 2.05) is 6.92 Å². The second-order valence-corrected chi connectivity index (χ2v) is 9.77. The molecule has 0 radical (unpaired) electrons. The van der Waals surface area contributed by atoms with Gasteiger partial charge in [0.05, 0.1) is 18.9 Å². The Balaban J connectivity index is 1.54. The molecule has 1 unspecified atom stereocenters. The standard InChI is InChI=1S/C26H22F2N6O3S/c1-14-3-8-23(35)34(13-14)21-10-16(17-9-19(24(27)28)29-12-20(17)37-2)18(11-30-21)25(36)31-26-33-32-22(38-26)7-6-15-4-5-15/h3,8-13,15,22,24,32H,4-5H2,1-2H3,(H,31,33,36). The predicted molar refractivity (Wildman–Crippen MR) is 139 cm³/mol. The van der Waals surface area contributed by atoms with Crippen LogP contribution in [0.3, 0.4) is 0 Å². The normalized spacial score (nSPS) is 16.3. The maximum atomic E-state index is 13.5. The zero-order valence-corrected chi connectivity index (χ0v) is 21.2. The van der Waals surface area contributed by atoms with E-state index in [0.717, 1.165) is 24.5 Å². The van der Waals surface area contributed by atoms with E-state index in [2.05, 4.69) is 37.7 Å². The topological polar surface area (TPSA) is 111 Å². The number of thioether (sulfide) groups is 1. The van der Waals surface area contributed by atoms with Crippen molar-refractivity contribution in [2.45, 2.75) is 31.6 Å². The van der Waals surface area contributed by atoms with E-state index in [1.54, 1.807) is 12.3 Å². The molecule has 1 amide bonds. The number of ether oxygens (including phenoxy) is 1. The number of aryl methyl sites for hydroxylation is 1. The molecule has 0 saturated heterocycles. The summed E-state index contributed by atoms with van der Waals surface area (Å²) in [6.45, 7) is 1.82. The van der Waals surface area contributed by atoms with E-state index in [9.17, 15) is 18.4 Å². The number of amidine groups is 1. The van der Waals surface area contributed by atoms with E-state index in [4.69, 9.17) is 4.74 Å². The van der Waals surface area contributed by atoms with Crippen LogP contribution < -0.4 is 21.0 Å². The van der Waals surface area contributed by atoms with Crippen molar-refractivity contribution in [2.24, 2.45) is 11.0 Å². The van der Waals surface area contributed by atoms with Crippen LogP contribution in [0.25, 0.3) is 16.9 Å². The highest BCUT2D eigenvalue weighted by Crippen LogP contribution is 2.35. The number of hydrogen-bond donors (Lipinski definition) is 2. The highest BCUT2D eigenvalue weighted by atomic mass is 32.2. The lowest BCUT2D eigenvalue weighted by Crippen LogP contribution is -2.28. The summed E-state index contributed by atoms with van der Waals surface area (Å²) in [6.07, 6.45) is 3.40. The highest BCUT2D eigenvalue weighted by Gasteiger charge is 2.25. The Morgan fingerprint density at radius 2 is 2.03 bits per heavy atom. The Hall–Kier alpha value is -4.24. The van der Waals surface area contributed by atoms with Gasteiger partial charge in [-0.25, -0.2) is 13.8 Å². The third-order valence-corrected chi connectivity index (χ3v) is 6.67. The van der Waals surface area contributed by atoms with Crippen LogP contribution in [-0.2, 0) is 0 Å². The van der Waals surface area contributed by atoms with Gasteiger partial charge in [0.2, 0.25) is 0 Å². The quantitative estimate of drug-likeness (QED) is 0.479. The Bertz CT molecular complexity index is 1560. The first-order chi connectivity index (χ1) is 18.3. The maximum Gasteiger partial charge on any atom is 0.280 e. The highest BCUT2D eigenvalue weighted by molar-refractivity contribution is 8.14. The number of aromatic nitrogens is 3. The zero-order chi connectivity index (χ0) is 26.8. The van der Waals surface area contributed by atoms with Crippen LogP contribution >= 0.6 is 11.8 Å². The molecule has 1 aliphatic carbocycles. The van der Waals surface area contributed by atoms with Gasteiger partial charge in [0.15, 0.2) is 10.5 Å². The van der Waals surface area contributed by atoms with Crippen molar-refractivity contribution in [3.8, 4) is 34.5 Å². The molecule has 12 heteroatoms. The van der Waals surface area contributed by atoms with Crippen molar-refractivity contribution in [1.29, 1.82) is 0 Å². The van der Waals surface area contributed by atoms with E-state index < -0.39 is 18.0 Å². The second kappa shape index (κ2) is 10.6. The summed E-state index contributed by atoms with van der Waals surface area (Å²) in [5.74, 6) is 6.47. The van der Waals surface area contributed by atoms with Gasteiger partial charge in [-0.15, -0.1) is 0 Å². The Kier molecular flexibility index (Phi) is 7.11. The van der Waals surface area contributed by atoms with Crippen LogP contribution in [0.2, 0.25) is 0 Å². The number of rotatable bonds is 5. The van der Waals surface area contributed by atoms with E-state index in [1.165, 1.54) is 48.0 Å². The van der Waals surface area contributed by atoms with Gasteiger partial charge in [0, 0.05) is 35.5 Å². The van der Waals surface area contributed by atoms with Gasteiger partial charge in [-0.2, -0.15) is 5.10 Å². The lowest BCUT2D eigenvalue weighted by Gasteiger charge is -2.16. The summed E-state index contributed by atoms with van der Waals surface area (Å²) in [7, 11) is 1.37. The predicted octanol–water partition coefficient (Wildman–Crippen LogP) is 3.63. The zero-order valence-electron chi connectivity index (χ0n) is 20.4. The van der Waals surface area contributed by atoms with Crippen LogP contribution in [0.15, 0.2) is 52.8 Å². The molecule has 1 saturated carbocycles. The van der Waals surface area contributed by atoms with E-state index in [-0.39, 0.29) is 39.2 Å². The minimum atomic E-state index is -2.85. The first-order valence-electron chi connectivity index (χ1n) is 11.7. The van der Waals surface area contributed by atoms with Crippen LogP contribution in [-0.4, -0.2) is 38.1 Å². The third kappa shape index (κ3) is 5.52. The molecular formula is C26H22F2N6O3S. The van der Waals surface area contributed by atoms with Gasteiger partial charge in [0.1, 0.15) is 17.3 Å². The molecule has 1 fully saturated rings. The molecule has 2 aliphatic rings. The number of halogens is 2. The first kappa shape index (κ1) is 25.4. The van der Waals surface area contributed by atoms with Crippen molar-refractivity contribution in [1.82, 2.24) is 25.3 Å². The maximum absolute atomic E-state index is 13.5. The summed E-state index contributed by atoms with van der Waals surface area (Å²) >= 11 is 1.26. The molecule has 0 spiro atoms. The van der Waals surface area contributed by atoms with Gasteiger partial charge < -0.3 is 4.74 Å². The molecule has 2 N–H and O–H groups in total. The number of methoxy groups -OCH3 is 1. The lowest BCUT2D eigenvalue weighted by molar-refractivity contribution is 0.0978. The van der Waals surface area contributed by atoms with Crippen molar-refractivity contribution >= 4 is 22.8 Å². The number of carbonyl (C=O) groups is 1. The number of nitrogens with zero attached hydrogens (tertiary/aromatic N) is 4. The van der Waals surface area contributed by atoms with Crippen molar-refractivity contribution in [3.05, 3.63) is 70.0 Å².